The van der Waals surface area contributed by atoms with Crippen molar-refractivity contribution in [2.75, 3.05) is 5.88 Å². The molecule has 0 spiro atoms. The van der Waals surface area contributed by atoms with Crippen molar-refractivity contribution in [1.82, 2.24) is 4.98 Å². The van der Waals surface area contributed by atoms with Crippen LogP contribution in [0.5, 0.6) is 0 Å². The average molecular weight is 220 g/mol. The molecule has 0 aliphatic rings. The molecule has 0 amide bonds. The van der Waals surface area contributed by atoms with E-state index in [2.05, 4.69) is 16.8 Å². The number of halogens is 3. The first kappa shape index (κ1) is 9.67. The van der Waals surface area contributed by atoms with Crippen LogP contribution in [-0.4, -0.2) is 10.9 Å². The topological polar surface area (TPSA) is 12.9 Å². The second-order valence-electron chi connectivity index (χ2n) is 1.91. The maximum absolute atomic E-state index is 5.77. The van der Waals surface area contributed by atoms with Crippen molar-refractivity contribution in [1.29, 1.82) is 0 Å². The van der Waals surface area contributed by atoms with Crippen molar-refractivity contribution >= 4 is 34.8 Å². The van der Waals surface area contributed by atoms with Crippen molar-refractivity contribution in [2.45, 2.75) is 0 Å². The Hall–Kier alpha value is -0.420. The summed E-state index contributed by atoms with van der Waals surface area (Å²) in [6.45, 7) is 0. The highest BCUT2D eigenvalue weighted by Crippen LogP contribution is 2.21. The monoisotopic (exact) mass is 219 g/mol. The van der Waals surface area contributed by atoms with Gasteiger partial charge in [-0.1, -0.05) is 35.0 Å². The van der Waals surface area contributed by atoms with Crippen molar-refractivity contribution in [2.24, 2.45) is 0 Å². The smallest absolute Gasteiger partial charge is 0.0839 e. The molecule has 0 aliphatic heterocycles. The van der Waals surface area contributed by atoms with Gasteiger partial charge in [0.25, 0.3) is 0 Å². The van der Waals surface area contributed by atoms with Gasteiger partial charge in [-0.25, -0.2) is 0 Å². The van der Waals surface area contributed by atoms with E-state index in [0.717, 1.165) is 0 Å². The molecule has 1 rings (SSSR count). The Morgan fingerprint density at radius 2 is 1.83 bits per heavy atom. The molecule has 0 saturated carbocycles. The lowest BCUT2D eigenvalue weighted by atomic mass is 10.3. The normalized spacial score (nSPS) is 8.92. The van der Waals surface area contributed by atoms with E-state index >= 15 is 0 Å². The van der Waals surface area contributed by atoms with Crippen LogP contribution in [-0.2, 0) is 0 Å². The molecule has 0 bridgehead atoms. The molecule has 0 N–H and O–H groups in total. The highest BCUT2D eigenvalue weighted by molar-refractivity contribution is 6.36. The minimum absolute atomic E-state index is 0.259. The summed E-state index contributed by atoms with van der Waals surface area (Å²) in [6, 6.07) is 0. The molecule has 1 aromatic rings. The second-order valence-corrected chi connectivity index (χ2v) is 3.00. The zero-order valence-corrected chi connectivity index (χ0v) is 8.21. The van der Waals surface area contributed by atoms with Crippen molar-refractivity contribution in [3.8, 4) is 11.8 Å². The largest absolute Gasteiger partial charge is 0.262 e. The van der Waals surface area contributed by atoms with Gasteiger partial charge in [0, 0.05) is 12.4 Å². The van der Waals surface area contributed by atoms with Crippen LogP contribution in [0.1, 0.15) is 5.56 Å². The predicted molar refractivity (Wildman–Crippen MR) is 51.9 cm³/mol. The van der Waals surface area contributed by atoms with Crippen LogP contribution >= 0.6 is 34.8 Å². The van der Waals surface area contributed by atoms with E-state index in [-0.39, 0.29) is 5.88 Å². The number of aromatic nitrogens is 1. The van der Waals surface area contributed by atoms with Gasteiger partial charge in [0.05, 0.1) is 21.5 Å². The molecule has 1 nitrogen and oxygen atoms in total. The Kier molecular flexibility index (Phi) is 3.68. The first-order valence-corrected chi connectivity index (χ1v) is 4.38. The van der Waals surface area contributed by atoms with E-state index < -0.39 is 0 Å². The van der Waals surface area contributed by atoms with Gasteiger partial charge in [0.2, 0.25) is 0 Å². The minimum Gasteiger partial charge on any atom is -0.262 e. The first-order valence-electron chi connectivity index (χ1n) is 3.09. The number of alkyl halides is 1. The Bertz CT molecular complexity index is 318. The van der Waals surface area contributed by atoms with E-state index in [1.807, 2.05) is 0 Å². The Balaban J connectivity index is 3.13. The van der Waals surface area contributed by atoms with E-state index in [4.69, 9.17) is 34.8 Å². The number of pyridine rings is 1. The SMILES string of the molecule is ClCC#Cc1c(Cl)cncc1Cl. The van der Waals surface area contributed by atoms with E-state index in [1.54, 1.807) is 0 Å². The van der Waals surface area contributed by atoms with E-state index in [9.17, 15) is 0 Å². The van der Waals surface area contributed by atoms with E-state index in [0.29, 0.717) is 15.6 Å². The molecule has 0 radical (unpaired) electrons. The molecule has 0 fully saturated rings. The lowest BCUT2D eigenvalue weighted by Gasteiger charge is -1.95. The van der Waals surface area contributed by atoms with Crippen LogP contribution in [0.25, 0.3) is 0 Å². The molecule has 62 valence electrons. The Labute approximate surface area is 85.7 Å². The molecule has 0 saturated heterocycles. The summed E-state index contributed by atoms with van der Waals surface area (Å²) >= 11 is 16.9. The van der Waals surface area contributed by atoms with E-state index in [1.165, 1.54) is 12.4 Å². The maximum Gasteiger partial charge on any atom is 0.0839 e. The van der Waals surface area contributed by atoms with Gasteiger partial charge in [0.15, 0.2) is 0 Å². The molecule has 4 heteroatoms. The molecule has 0 atom stereocenters. The standard InChI is InChI=1S/C8H4Cl3N/c9-3-1-2-6-7(10)4-12-5-8(6)11/h4-5H,3H2. The molecule has 12 heavy (non-hydrogen) atoms. The zero-order chi connectivity index (χ0) is 8.97. The Morgan fingerprint density at radius 3 is 2.33 bits per heavy atom. The average Bonchev–Trinajstić information content (AvgIpc) is 2.04. The summed E-state index contributed by atoms with van der Waals surface area (Å²) in [5.74, 6) is 5.67. The summed E-state index contributed by atoms with van der Waals surface area (Å²) in [7, 11) is 0. The predicted octanol–water partition coefficient (Wildman–Crippen LogP) is 2.98. The molecule has 0 aromatic carbocycles. The van der Waals surface area contributed by atoms with Crippen molar-refractivity contribution < 1.29 is 0 Å². The van der Waals surface area contributed by atoms with Crippen LogP contribution in [0.4, 0.5) is 0 Å². The highest BCUT2D eigenvalue weighted by atomic mass is 35.5. The molecular formula is C8H4Cl3N. The number of nitrogens with zero attached hydrogens (tertiary/aromatic N) is 1. The zero-order valence-electron chi connectivity index (χ0n) is 5.94. The van der Waals surface area contributed by atoms with Gasteiger partial charge in [-0.2, -0.15) is 0 Å². The summed E-state index contributed by atoms with van der Waals surface area (Å²) in [5, 5.41) is 0.889. The maximum atomic E-state index is 5.77. The molecule has 1 aromatic heterocycles. The van der Waals surface area contributed by atoms with Gasteiger partial charge in [-0.15, -0.1) is 11.6 Å². The van der Waals surface area contributed by atoms with Crippen molar-refractivity contribution in [3.63, 3.8) is 0 Å². The Morgan fingerprint density at radius 1 is 1.25 bits per heavy atom. The van der Waals surface area contributed by atoms with Crippen LogP contribution < -0.4 is 0 Å². The molecule has 0 unspecified atom stereocenters. The number of rotatable bonds is 0. The van der Waals surface area contributed by atoms with Crippen LogP contribution in [0.15, 0.2) is 12.4 Å². The number of hydrogen-bond acceptors (Lipinski definition) is 1. The van der Waals surface area contributed by atoms with Gasteiger partial charge in [-0.05, 0) is 0 Å². The quantitative estimate of drug-likeness (QED) is 0.484. The van der Waals surface area contributed by atoms with Crippen LogP contribution in [0.3, 0.4) is 0 Å². The fourth-order valence-electron chi connectivity index (χ4n) is 0.653. The molecule has 1 heterocycles. The van der Waals surface area contributed by atoms with Gasteiger partial charge in [0.1, 0.15) is 0 Å². The minimum atomic E-state index is 0.259. The van der Waals surface area contributed by atoms with Crippen LogP contribution in [0, 0.1) is 11.8 Å². The lowest BCUT2D eigenvalue weighted by Crippen LogP contribution is -1.81. The lowest BCUT2D eigenvalue weighted by molar-refractivity contribution is 1.32. The molecule has 0 aliphatic carbocycles. The summed E-state index contributed by atoms with van der Waals surface area (Å²) in [4.78, 5) is 3.79. The van der Waals surface area contributed by atoms with Crippen molar-refractivity contribution in [3.05, 3.63) is 28.0 Å². The molecular weight excluding hydrogens is 216 g/mol. The van der Waals surface area contributed by atoms with Crippen LogP contribution in [0.2, 0.25) is 10.0 Å². The summed E-state index contributed by atoms with van der Waals surface area (Å²) in [6.07, 6.45) is 2.98. The van der Waals surface area contributed by atoms with Gasteiger partial charge in [-0.3, -0.25) is 4.98 Å². The highest BCUT2D eigenvalue weighted by Gasteiger charge is 2.01. The fraction of sp³-hybridized carbons (Fsp3) is 0.125. The third-order valence-corrected chi connectivity index (χ3v) is 1.84. The second kappa shape index (κ2) is 4.57. The third-order valence-electron chi connectivity index (χ3n) is 1.13. The third kappa shape index (κ3) is 2.28. The van der Waals surface area contributed by atoms with Gasteiger partial charge >= 0.3 is 0 Å². The number of hydrogen-bond donors (Lipinski definition) is 0. The fourth-order valence-corrected chi connectivity index (χ4v) is 1.18. The summed E-state index contributed by atoms with van der Waals surface area (Å²) in [5.41, 5.74) is 0.578. The van der Waals surface area contributed by atoms with Gasteiger partial charge < -0.3 is 0 Å². The first-order chi connectivity index (χ1) is 5.75. The summed E-state index contributed by atoms with van der Waals surface area (Å²) < 4.78 is 0.